The smallest absolute Gasteiger partial charge is 0.273 e. The standard InChI is InChI=1S/C15H23N5O2.2ClH/c1-9-11(5-6-12(21)17-8-7-16-3)10(2)18-14-13(9)15(22)19-20(14)4;;/h16H,5-8H2,1-4H3,(H,17,21)(H,19,22);2*1H. The molecule has 0 spiro atoms. The van der Waals surface area contributed by atoms with Crippen molar-refractivity contribution in [3.05, 3.63) is 27.2 Å². The molecule has 2 rings (SSSR count). The average molecular weight is 378 g/mol. The minimum Gasteiger partial charge on any atom is -0.355 e. The third-order valence-corrected chi connectivity index (χ3v) is 3.87. The Morgan fingerprint density at radius 1 is 1.25 bits per heavy atom. The van der Waals surface area contributed by atoms with Crippen LogP contribution in [-0.2, 0) is 18.3 Å². The summed E-state index contributed by atoms with van der Waals surface area (Å²) in [5.41, 5.74) is 3.27. The largest absolute Gasteiger partial charge is 0.355 e. The molecule has 0 saturated heterocycles. The van der Waals surface area contributed by atoms with Gasteiger partial charge in [0.2, 0.25) is 5.91 Å². The normalized spacial score (nSPS) is 10.2. The van der Waals surface area contributed by atoms with Crippen LogP contribution in [0.1, 0.15) is 23.2 Å². The highest BCUT2D eigenvalue weighted by Crippen LogP contribution is 2.20. The quantitative estimate of drug-likeness (QED) is 0.654. The van der Waals surface area contributed by atoms with E-state index in [1.165, 1.54) is 0 Å². The van der Waals surface area contributed by atoms with E-state index in [-0.39, 0.29) is 36.3 Å². The van der Waals surface area contributed by atoms with Gasteiger partial charge < -0.3 is 10.6 Å². The zero-order chi connectivity index (χ0) is 16.3. The highest BCUT2D eigenvalue weighted by atomic mass is 35.5. The Hall–Kier alpha value is -1.57. The van der Waals surface area contributed by atoms with Gasteiger partial charge in [0, 0.05) is 32.3 Å². The van der Waals surface area contributed by atoms with Crippen LogP contribution in [0.5, 0.6) is 0 Å². The number of hydrogen-bond donors (Lipinski definition) is 3. The molecule has 0 atom stereocenters. The van der Waals surface area contributed by atoms with Crippen molar-refractivity contribution < 1.29 is 4.79 Å². The lowest BCUT2D eigenvalue weighted by Crippen LogP contribution is -2.30. The third-order valence-electron chi connectivity index (χ3n) is 3.87. The maximum absolute atomic E-state index is 12.0. The number of nitrogens with zero attached hydrogens (tertiary/aromatic N) is 2. The first-order valence-corrected chi connectivity index (χ1v) is 7.41. The lowest BCUT2D eigenvalue weighted by molar-refractivity contribution is -0.121. The fourth-order valence-corrected chi connectivity index (χ4v) is 2.67. The maximum Gasteiger partial charge on any atom is 0.273 e. The van der Waals surface area contributed by atoms with E-state index < -0.39 is 0 Å². The van der Waals surface area contributed by atoms with Gasteiger partial charge in [-0.2, -0.15) is 0 Å². The van der Waals surface area contributed by atoms with Gasteiger partial charge in [-0.15, -0.1) is 24.8 Å². The number of halogens is 2. The van der Waals surface area contributed by atoms with Crippen molar-refractivity contribution in [1.82, 2.24) is 25.4 Å². The Morgan fingerprint density at radius 2 is 1.92 bits per heavy atom. The van der Waals surface area contributed by atoms with Gasteiger partial charge in [-0.05, 0) is 38.4 Å². The van der Waals surface area contributed by atoms with Gasteiger partial charge in [0.05, 0.1) is 5.39 Å². The second-order valence-electron chi connectivity index (χ2n) is 5.45. The van der Waals surface area contributed by atoms with E-state index in [0.29, 0.717) is 30.4 Å². The van der Waals surface area contributed by atoms with E-state index in [1.807, 2.05) is 20.9 Å². The Labute approximate surface area is 153 Å². The lowest BCUT2D eigenvalue weighted by Gasteiger charge is -2.10. The number of pyridine rings is 1. The fourth-order valence-electron chi connectivity index (χ4n) is 2.67. The van der Waals surface area contributed by atoms with Crippen molar-refractivity contribution >= 4 is 41.8 Å². The van der Waals surface area contributed by atoms with Gasteiger partial charge in [-0.3, -0.25) is 19.4 Å². The molecular formula is C15H25Cl2N5O2. The molecule has 24 heavy (non-hydrogen) atoms. The second kappa shape index (κ2) is 9.66. The van der Waals surface area contributed by atoms with Gasteiger partial charge in [0.1, 0.15) is 0 Å². The monoisotopic (exact) mass is 377 g/mol. The van der Waals surface area contributed by atoms with Gasteiger partial charge in [-0.1, -0.05) is 0 Å². The van der Waals surface area contributed by atoms with Crippen LogP contribution in [0.2, 0.25) is 0 Å². The summed E-state index contributed by atoms with van der Waals surface area (Å²) >= 11 is 0. The van der Waals surface area contributed by atoms with Crippen molar-refractivity contribution in [3.8, 4) is 0 Å². The molecular weight excluding hydrogens is 353 g/mol. The molecule has 0 saturated carbocycles. The average Bonchev–Trinajstić information content (AvgIpc) is 2.73. The third kappa shape index (κ3) is 4.72. The van der Waals surface area contributed by atoms with Gasteiger partial charge in [0.15, 0.2) is 5.65 Å². The van der Waals surface area contributed by atoms with Crippen LogP contribution >= 0.6 is 24.8 Å². The Kier molecular flexibility index (Phi) is 9.03. The maximum atomic E-state index is 12.0. The number of amides is 1. The summed E-state index contributed by atoms with van der Waals surface area (Å²) < 4.78 is 1.63. The molecule has 0 aromatic carbocycles. The zero-order valence-electron chi connectivity index (χ0n) is 14.4. The molecule has 3 N–H and O–H groups in total. The molecule has 1 amide bonds. The van der Waals surface area contributed by atoms with Crippen LogP contribution in [0, 0.1) is 13.8 Å². The summed E-state index contributed by atoms with van der Waals surface area (Å²) in [7, 11) is 3.61. The molecule has 0 aliphatic rings. The van der Waals surface area contributed by atoms with Crippen LogP contribution < -0.4 is 16.2 Å². The summed E-state index contributed by atoms with van der Waals surface area (Å²) in [6, 6.07) is 0. The van der Waals surface area contributed by atoms with E-state index >= 15 is 0 Å². The topological polar surface area (TPSA) is 91.8 Å². The van der Waals surface area contributed by atoms with Crippen molar-refractivity contribution in [1.29, 1.82) is 0 Å². The fraction of sp³-hybridized carbons (Fsp3) is 0.533. The van der Waals surface area contributed by atoms with Crippen LogP contribution in [0.4, 0.5) is 0 Å². The number of aromatic amines is 1. The SMILES string of the molecule is CNCCNC(=O)CCc1c(C)nc2c(c1C)c(=O)[nH]n2C.Cl.Cl. The molecule has 0 unspecified atom stereocenters. The van der Waals surface area contributed by atoms with E-state index in [1.54, 1.807) is 11.7 Å². The van der Waals surface area contributed by atoms with E-state index in [2.05, 4.69) is 20.7 Å². The molecule has 0 aliphatic heterocycles. The lowest BCUT2D eigenvalue weighted by atomic mass is 10.0. The van der Waals surface area contributed by atoms with Crippen LogP contribution in [0.25, 0.3) is 11.0 Å². The van der Waals surface area contributed by atoms with E-state index in [0.717, 1.165) is 23.4 Å². The number of nitrogens with one attached hydrogen (secondary N) is 3. The van der Waals surface area contributed by atoms with Gasteiger partial charge >= 0.3 is 0 Å². The molecule has 2 aromatic rings. The number of H-pyrrole nitrogens is 1. The summed E-state index contributed by atoms with van der Waals surface area (Å²) in [6.07, 6.45) is 0.976. The van der Waals surface area contributed by atoms with Crippen molar-refractivity contribution in [3.63, 3.8) is 0 Å². The minimum atomic E-state index is -0.137. The Balaban J connectivity index is 0.00000264. The minimum absolute atomic E-state index is 0. The highest BCUT2D eigenvalue weighted by Gasteiger charge is 2.15. The van der Waals surface area contributed by atoms with Crippen molar-refractivity contribution in [2.75, 3.05) is 20.1 Å². The molecule has 0 bridgehead atoms. The van der Waals surface area contributed by atoms with Crippen LogP contribution in [0.15, 0.2) is 4.79 Å². The predicted molar refractivity (Wildman–Crippen MR) is 101 cm³/mol. The van der Waals surface area contributed by atoms with Gasteiger partial charge in [0.25, 0.3) is 5.56 Å². The zero-order valence-corrected chi connectivity index (χ0v) is 16.0. The van der Waals surface area contributed by atoms with E-state index in [9.17, 15) is 9.59 Å². The molecule has 0 radical (unpaired) electrons. The first-order chi connectivity index (χ1) is 10.5. The molecule has 0 aliphatic carbocycles. The number of rotatable bonds is 6. The number of carbonyl (C=O) groups is 1. The molecule has 2 aromatic heterocycles. The number of likely N-dealkylation sites (N-methyl/N-ethyl adjacent to an activating group) is 1. The Bertz CT molecular complexity index is 754. The first kappa shape index (κ1) is 22.4. The van der Waals surface area contributed by atoms with E-state index in [4.69, 9.17) is 0 Å². The van der Waals surface area contributed by atoms with Gasteiger partial charge in [-0.25, -0.2) is 4.98 Å². The first-order valence-electron chi connectivity index (χ1n) is 7.41. The Morgan fingerprint density at radius 3 is 2.54 bits per heavy atom. The van der Waals surface area contributed by atoms with Crippen molar-refractivity contribution in [2.45, 2.75) is 26.7 Å². The second-order valence-corrected chi connectivity index (χ2v) is 5.45. The van der Waals surface area contributed by atoms with Crippen LogP contribution in [0.3, 0.4) is 0 Å². The molecule has 136 valence electrons. The molecule has 9 heteroatoms. The highest BCUT2D eigenvalue weighted by molar-refractivity contribution is 5.85. The molecule has 0 fully saturated rings. The summed E-state index contributed by atoms with van der Waals surface area (Å²) in [4.78, 5) is 28.3. The predicted octanol–water partition coefficient (Wildman–Crippen LogP) is 0.990. The number of hydrogen-bond acceptors (Lipinski definition) is 4. The molecule has 7 nitrogen and oxygen atoms in total. The summed E-state index contributed by atoms with van der Waals surface area (Å²) in [5.74, 6) is 0.0103. The number of aromatic nitrogens is 3. The summed E-state index contributed by atoms with van der Waals surface area (Å²) in [5, 5.41) is 9.16. The summed E-state index contributed by atoms with van der Waals surface area (Å²) in [6.45, 7) is 5.19. The number of aryl methyl sites for hydroxylation is 3. The van der Waals surface area contributed by atoms with Crippen molar-refractivity contribution in [2.24, 2.45) is 7.05 Å². The number of fused-ring (bicyclic) bond motifs is 1. The van der Waals surface area contributed by atoms with Crippen LogP contribution in [-0.4, -0.2) is 40.8 Å². The molecule has 2 heterocycles. The number of carbonyl (C=O) groups excluding carboxylic acids is 1.